The molecule has 2 unspecified atom stereocenters. The Morgan fingerprint density at radius 1 is 0.933 bits per heavy atom. The summed E-state index contributed by atoms with van der Waals surface area (Å²) in [5.74, 6) is 0. The van der Waals surface area contributed by atoms with Crippen molar-refractivity contribution in [3.63, 3.8) is 0 Å². The highest BCUT2D eigenvalue weighted by Gasteiger charge is 2.38. The molecule has 0 aromatic heterocycles. The maximum Gasteiger partial charge on any atom is 0.0888 e. The summed E-state index contributed by atoms with van der Waals surface area (Å²) in [5.41, 5.74) is 0. The number of nitrogens with zero attached hydrogens (tertiary/aromatic N) is 1. The molecule has 0 bridgehead atoms. The minimum atomic E-state index is 0. The third kappa shape index (κ3) is 3.88. The van der Waals surface area contributed by atoms with E-state index in [4.69, 9.17) is 0 Å². The fraction of sp³-hybridized carbons (Fsp3) is 1.00. The molecule has 0 aromatic carbocycles. The Bertz CT molecular complexity index is 148. The fourth-order valence-corrected chi connectivity index (χ4v) is 3.17. The molecule has 1 fully saturated rings. The number of halogens is 1. The summed E-state index contributed by atoms with van der Waals surface area (Å²) in [5, 5.41) is 0. The predicted molar refractivity (Wildman–Crippen MR) is 63.4 cm³/mol. The highest BCUT2D eigenvalue weighted by atomic mass is 127. The molecule has 0 aromatic rings. The molecule has 1 nitrogen and oxygen atoms in total. The van der Waals surface area contributed by atoms with E-state index in [1.807, 2.05) is 0 Å². The van der Waals surface area contributed by atoms with E-state index in [2.05, 4.69) is 27.9 Å². The fourth-order valence-electron chi connectivity index (χ4n) is 3.17. The summed E-state index contributed by atoms with van der Waals surface area (Å²) >= 11 is 0. The Morgan fingerprint density at radius 3 is 1.67 bits per heavy atom. The Balaban J connectivity index is 0.00000196. The average Bonchev–Trinajstić information content (AvgIpc) is 2.13. The van der Waals surface area contributed by atoms with Gasteiger partial charge < -0.3 is 28.5 Å². The van der Waals surface area contributed by atoms with E-state index in [9.17, 15) is 0 Å². The second-order valence-electron chi connectivity index (χ2n) is 5.44. The SMILES string of the molecule is CCCC1CCCC(CCC)[N+]1(C)C.[I-]. The lowest BCUT2D eigenvalue weighted by Crippen LogP contribution is -3.00. The molecule has 1 heterocycles. The van der Waals surface area contributed by atoms with Crippen molar-refractivity contribution in [3.05, 3.63) is 0 Å². The van der Waals surface area contributed by atoms with E-state index >= 15 is 0 Å². The van der Waals surface area contributed by atoms with Crippen molar-refractivity contribution in [2.75, 3.05) is 14.1 Å². The molecule has 0 saturated carbocycles. The third-order valence-electron chi connectivity index (χ3n) is 4.20. The molecule has 15 heavy (non-hydrogen) atoms. The van der Waals surface area contributed by atoms with Crippen LogP contribution in [0.1, 0.15) is 58.8 Å². The summed E-state index contributed by atoms with van der Waals surface area (Å²) in [6.07, 6.45) is 9.94. The summed E-state index contributed by atoms with van der Waals surface area (Å²) < 4.78 is 1.29. The molecule has 1 rings (SSSR count). The molecule has 0 radical (unpaired) electrons. The standard InChI is InChI=1S/C13H28N.HI/c1-5-8-12-10-7-11-13(9-6-2)14(12,3)4;/h12-13H,5-11H2,1-4H3;1H/q+1;/p-1. The number of quaternary nitrogens is 1. The van der Waals surface area contributed by atoms with Gasteiger partial charge in [-0.15, -0.1) is 0 Å². The number of hydrogen-bond donors (Lipinski definition) is 0. The highest BCUT2D eigenvalue weighted by molar-refractivity contribution is 4.71. The van der Waals surface area contributed by atoms with Gasteiger partial charge >= 0.3 is 0 Å². The topological polar surface area (TPSA) is 0 Å². The Hall–Kier alpha value is 0.690. The van der Waals surface area contributed by atoms with E-state index in [1.54, 1.807) is 0 Å². The first-order valence-electron chi connectivity index (χ1n) is 6.46. The number of piperidine rings is 1. The van der Waals surface area contributed by atoms with E-state index in [0.717, 1.165) is 12.1 Å². The van der Waals surface area contributed by atoms with Crippen molar-refractivity contribution in [2.24, 2.45) is 0 Å². The second-order valence-corrected chi connectivity index (χ2v) is 5.44. The quantitative estimate of drug-likeness (QED) is 0.524. The summed E-state index contributed by atoms with van der Waals surface area (Å²) in [7, 11) is 4.92. The van der Waals surface area contributed by atoms with Crippen molar-refractivity contribution in [1.29, 1.82) is 0 Å². The molecule has 2 atom stereocenters. The minimum absolute atomic E-state index is 0. The number of rotatable bonds is 4. The summed E-state index contributed by atoms with van der Waals surface area (Å²) in [6.45, 7) is 4.65. The largest absolute Gasteiger partial charge is 1.00 e. The van der Waals surface area contributed by atoms with E-state index in [1.165, 1.54) is 49.4 Å². The molecular weight excluding hydrogens is 297 g/mol. The van der Waals surface area contributed by atoms with Crippen molar-refractivity contribution >= 4 is 0 Å². The first kappa shape index (κ1) is 15.7. The van der Waals surface area contributed by atoms with Gasteiger partial charge in [0.1, 0.15) is 0 Å². The lowest BCUT2D eigenvalue weighted by molar-refractivity contribution is -0.944. The maximum absolute atomic E-state index is 2.46. The molecule has 1 aliphatic rings. The molecule has 0 aliphatic carbocycles. The number of hydrogen-bond acceptors (Lipinski definition) is 0. The van der Waals surface area contributed by atoms with Gasteiger partial charge in [-0.25, -0.2) is 0 Å². The monoisotopic (exact) mass is 325 g/mol. The molecule has 0 spiro atoms. The van der Waals surface area contributed by atoms with Gasteiger partial charge in [0.25, 0.3) is 0 Å². The lowest BCUT2D eigenvalue weighted by Gasteiger charge is -2.48. The Kier molecular flexibility index (Phi) is 7.43. The van der Waals surface area contributed by atoms with Gasteiger partial charge in [-0.1, -0.05) is 26.7 Å². The van der Waals surface area contributed by atoms with E-state index in [-0.39, 0.29) is 24.0 Å². The first-order chi connectivity index (χ1) is 6.62. The van der Waals surface area contributed by atoms with Gasteiger partial charge in [-0.3, -0.25) is 0 Å². The van der Waals surface area contributed by atoms with E-state index < -0.39 is 0 Å². The Morgan fingerprint density at radius 2 is 1.33 bits per heavy atom. The molecule has 92 valence electrons. The van der Waals surface area contributed by atoms with Crippen molar-refractivity contribution in [1.82, 2.24) is 0 Å². The summed E-state index contributed by atoms with van der Waals surface area (Å²) in [6, 6.07) is 1.87. The number of likely N-dealkylation sites (tertiary alicyclic amines) is 1. The molecule has 0 N–H and O–H groups in total. The third-order valence-corrected chi connectivity index (χ3v) is 4.20. The van der Waals surface area contributed by atoms with Gasteiger partial charge in [0.05, 0.1) is 26.2 Å². The lowest BCUT2D eigenvalue weighted by atomic mass is 9.89. The van der Waals surface area contributed by atoms with Gasteiger partial charge in [0.2, 0.25) is 0 Å². The van der Waals surface area contributed by atoms with Crippen LogP contribution in [0.3, 0.4) is 0 Å². The normalized spacial score (nSPS) is 29.6. The van der Waals surface area contributed by atoms with Crippen LogP contribution >= 0.6 is 0 Å². The van der Waals surface area contributed by atoms with Crippen LogP contribution in [0.15, 0.2) is 0 Å². The minimum Gasteiger partial charge on any atom is -1.00 e. The van der Waals surface area contributed by atoms with Crippen LogP contribution in [-0.4, -0.2) is 30.7 Å². The van der Waals surface area contributed by atoms with Crippen molar-refractivity contribution < 1.29 is 28.5 Å². The zero-order valence-electron chi connectivity index (χ0n) is 10.9. The van der Waals surface area contributed by atoms with Crippen LogP contribution in [0.25, 0.3) is 0 Å². The zero-order chi connectivity index (χ0) is 10.6. The second kappa shape index (κ2) is 7.10. The van der Waals surface area contributed by atoms with Crippen LogP contribution in [0, 0.1) is 0 Å². The predicted octanol–water partition coefficient (Wildman–Crippen LogP) is 0.588. The van der Waals surface area contributed by atoms with Crippen LogP contribution in [0.5, 0.6) is 0 Å². The van der Waals surface area contributed by atoms with E-state index in [0.29, 0.717) is 0 Å². The Labute approximate surface area is 113 Å². The highest BCUT2D eigenvalue weighted by Crippen LogP contribution is 2.32. The van der Waals surface area contributed by atoms with Crippen molar-refractivity contribution in [2.45, 2.75) is 70.9 Å². The average molecular weight is 325 g/mol. The first-order valence-corrected chi connectivity index (χ1v) is 6.46. The van der Waals surface area contributed by atoms with Gasteiger partial charge in [0.15, 0.2) is 0 Å². The molecule has 1 saturated heterocycles. The zero-order valence-corrected chi connectivity index (χ0v) is 13.1. The van der Waals surface area contributed by atoms with Crippen LogP contribution in [0.4, 0.5) is 0 Å². The molecule has 1 aliphatic heterocycles. The smallest absolute Gasteiger partial charge is 0.0888 e. The van der Waals surface area contributed by atoms with Gasteiger partial charge in [-0.05, 0) is 32.1 Å². The molecule has 2 heteroatoms. The van der Waals surface area contributed by atoms with Crippen LogP contribution in [-0.2, 0) is 0 Å². The van der Waals surface area contributed by atoms with Crippen molar-refractivity contribution in [3.8, 4) is 0 Å². The summed E-state index contributed by atoms with van der Waals surface area (Å²) in [4.78, 5) is 0. The molecule has 0 amide bonds. The van der Waals surface area contributed by atoms with Gasteiger partial charge in [-0.2, -0.15) is 0 Å². The van der Waals surface area contributed by atoms with Crippen LogP contribution in [0.2, 0.25) is 0 Å². The molecular formula is C13H28IN. The maximum atomic E-state index is 2.46. The van der Waals surface area contributed by atoms with Gasteiger partial charge in [0, 0.05) is 0 Å². The van der Waals surface area contributed by atoms with Crippen LogP contribution < -0.4 is 24.0 Å².